The molecule has 2 aromatic carbocycles. The fourth-order valence-corrected chi connectivity index (χ4v) is 6.21. The Morgan fingerprint density at radius 1 is 1.19 bits per heavy atom. The number of nitrogens with zero attached hydrogens (tertiary/aromatic N) is 2. The Kier molecular flexibility index (Phi) is 6.18. The SMILES string of the molecule is COC(=O)c1ccc(N2C[C@H]3C[C@@H]2C[C@@H]3OCc2c(-c3c(Cl)cccc3Cl)noc2C2CC2)c(F)c1. The monoisotopic (exact) mass is 530 g/mol. The summed E-state index contributed by atoms with van der Waals surface area (Å²) in [5.41, 5.74) is 2.94. The third kappa shape index (κ3) is 4.17. The fraction of sp³-hybridized carbons (Fsp3) is 0.407. The number of fused-ring (bicyclic) bond motifs is 2. The first-order valence-corrected chi connectivity index (χ1v) is 12.9. The smallest absolute Gasteiger partial charge is 0.337 e. The summed E-state index contributed by atoms with van der Waals surface area (Å²) < 4.78 is 31.7. The second kappa shape index (κ2) is 9.36. The van der Waals surface area contributed by atoms with Crippen LogP contribution in [0.4, 0.5) is 10.1 Å². The fourth-order valence-electron chi connectivity index (χ4n) is 5.63. The molecule has 0 radical (unpaired) electrons. The Bertz CT molecular complexity index is 1300. The average molecular weight is 531 g/mol. The molecular weight excluding hydrogens is 506 g/mol. The maximum absolute atomic E-state index is 14.8. The lowest BCUT2D eigenvalue weighted by atomic mass is 10.0. The van der Waals surface area contributed by atoms with Gasteiger partial charge in [0.05, 0.1) is 41.1 Å². The van der Waals surface area contributed by atoms with Gasteiger partial charge in [-0.3, -0.25) is 0 Å². The topological polar surface area (TPSA) is 64.8 Å². The van der Waals surface area contributed by atoms with Crippen LogP contribution in [0, 0.1) is 11.7 Å². The van der Waals surface area contributed by atoms with Crippen molar-refractivity contribution in [1.29, 1.82) is 0 Å². The highest BCUT2D eigenvalue weighted by molar-refractivity contribution is 6.39. The van der Waals surface area contributed by atoms with Crippen molar-refractivity contribution in [2.45, 2.75) is 50.4 Å². The van der Waals surface area contributed by atoms with E-state index in [2.05, 4.69) is 10.1 Å². The van der Waals surface area contributed by atoms with Gasteiger partial charge in [-0.25, -0.2) is 9.18 Å². The quantitative estimate of drug-likeness (QED) is 0.319. The van der Waals surface area contributed by atoms with E-state index in [0.717, 1.165) is 37.0 Å². The molecule has 2 aliphatic carbocycles. The summed E-state index contributed by atoms with van der Waals surface area (Å²) in [7, 11) is 1.28. The van der Waals surface area contributed by atoms with Gasteiger partial charge >= 0.3 is 5.97 Å². The molecule has 2 saturated carbocycles. The van der Waals surface area contributed by atoms with Crippen LogP contribution in [-0.4, -0.2) is 36.9 Å². The maximum atomic E-state index is 14.8. The molecule has 2 bridgehead atoms. The Hall–Kier alpha value is -2.61. The van der Waals surface area contributed by atoms with Crippen LogP contribution in [0.3, 0.4) is 0 Å². The van der Waals surface area contributed by atoms with Gasteiger partial charge in [-0.2, -0.15) is 0 Å². The molecule has 2 heterocycles. The van der Waals surface area contributed by atoms with Crippen molar-refractivity contribution in [1.82, 2.24) is 5.16 Å². The molecule has 0 amide bonds. The van der Waals surface area contributed by atoms with Crippen LogP contribution >= 0.6 is 23.2 Å². The summed E-state index contributed by atoms with van der Waals surface area (Å²) in [6, 6.07) is 10.1. The average Bonchev–Trinajstić information content (AvgIpc) is 3.32. The number of anilines is 1. The molecule has 0 spiro atoms. The van der Waals surface area contributed by atoms with E-state index in [9.17, 15) is 9.18 Å². The van der Waals surface area contributed by atoms with Gasteiger partial charge in [-0.1, -0.05) is 34.4 Å². The van der Waals surface area contributed by atoms with E-state index in [1.54, 1.807) is 30.3 Å². The molecule has 0 N–H and O–H groups in total. The first-order chi connectivity index (χ1) is 17.4. The number of carbonyl (C=O) groups excluding carboxylic acids is 1. The summed E-state index contributed by atoms with van der Waals surface area (Å²) in [4.78, 5) is 13.8. The molecule has 9 heteroatoms. The molecule has 1 saturated heterocycles. The standard InChI is InChI=1S/C27H25Cl2FN2O4/c1-34-27(33)15-7-8-22(21(30)10-15)32-12-16-9-17(32)11-23(16)35-13-18-25(31-36-26(18)14-5-6-14)24-19(28)3-2-4-20(24)29/h2-4,7-8,10,14,16-17,23H,5-6,9,11-13H2,1H3/t16-,17-,23+/m1/s1. The molecule has 3 aliphatic rings. The van der Waals surface area contributed by atoms with Gasteiger partial charge in [0.15, 0.2) is 0 Å². The lowest BCUT2D eigenvalue weighted by Crippen LogP contribution is -2.39. The van der Waals surface area contributed by atoms with Gasteiger partial charge in [0.1, 0.15) is 17.3 Å². The molecule has 36 heavy (non-hydrogen) atoms. The van der Waals surface area contributed by atoms with Crippen molar-refractivity contribution in [3.8, 4) is 11.3 Å². The normalized spacial score (nSPS) is 22.9. The van der Waals surface area contributed by atoms with Crippen LogP contribution < -0.4 is 4.90 Å². The van der Waals surface area contributed by atoms with Gasteiger partial charge < -0.3 is 18.9 Å². The van der Waals surface area contributed by atoms with Gasteiger partial charge in [-0.05, 0) is 56.0 Å². The number of hydrogen-bond donors (Lipinski definition) is 0. The molecule has 3 aromatic rings. The summed E-state index contributed by atoms with van der Waals surface area (Å²) in [6.07, 6.45) is 3.93. The molecule has 1 aromatic heterocycles. The molecule has 3 fully saturated rings. The first-order valence-electron chi connectivity index (χ1n) is 12.1. The molecular formula is C27H25Cl2FN2O4. The van der Waals surface area contributed by atoms with E-state index in [1.807, 2.05) is 0 Å². The minimum atomic E-state index is -0.548. The number of carbonyl (C=O) groups is 1. The second-order valence-electron chi connectivity index (χ2n) is 9.79. The zero-order chi connectivity index (χ0) is 25.0. The highest BCUT2D eigenvalue weighted by Crippen LogP contribution is 2.47. The van der Waals surface area contributed by atoms with Gasteiger partial charge in [0.2, 0.25) is 0 Å². The van der Waals surface area contributed by atoms with Gasteiger partial charge in [-0.15, -0.1) is 0 Å². The van der Waals surface area contributed by atoms with Crippen molar-refractivity contribution in [3.63, 3.8) is 0 Å². The molecule has 1 aliphatic heterocycles. The first kappa shape index (κ1) is 23.8. The lowest BCUT2D eigenvalue weighted by Gasteiger charge is -2.33. The Labute approximate surface area is 218 Å². The van der Waals surface area contributed by atoms with Crippen LogP contribution in [0.1, 0.15) is 53.3 Å². The summed E-state index contributed by atoms with van der Waals surface area (Å²) in [5, 5.41) is 5.39. The van der Waals surface area contributed by atoms with Crippen molar-refractivity contribution in [2.75, 3.05) is 18.6 Å². The number of piperidine rings is 1. The summed E-state index contributed by atoms with van der Waals surface area (Å²) >= 11 is 12.9. The Balaban J connectivity index is 1.17. The number of aromatic nitrogens is 1. The Morgan fingerprint density at radius 2 is 1.97 bits per heavy atom. The largest absolute Gasteiger partial charge is 0.465 e. The van der Waals surface area contributed by atoms with Crippen LogP contribution in [0.2, 0.25) is 10.0 Å². The number of ether oxygens (including phenoxy) is 2. The summed E-state index contributed by atoms with van der Waals surface area (Å²) in [5.74, 6) is 0.540. The van der Waals surface area contributed by atoms with Crippen molar-refractivity contribution >= 4 is 34.9 Å². The highest BCUT2D eigenvalue weighted by atomic mass is 35.5. The van der Waals surface area contributed by atoms with Crippen molar-refractivity contribution < 1.29 is 23.2 Å². The number of methoxy groups -OCH3 is 1. The van der Waals surface area contributed by atoms with E-state index in [-0.39, 0.29) is 23.6 Å². The Morgan fingerprint density at radius 3 is 2.61 bits per heavy atom. The number of hydrogen-bond acceptors (Lipinski definition) is 6. The zero-order valence-corrected chi connectivity index (χ0v) is 21.2. The summed E-state index contributed by atoms with van der Waals surface area (Å²) in [6.45, 7) is 1.06. The van der Waals surface area contributed by atoms with Crippen LogP contribution in [-0.2, 0) is 16.1 Å². The molecule has 6 nitrogen and oxygen atoms in total. The molecule has 188 valence electrons. The van der Waals surface area contributed by atoms with Crippen molar-refractivity contribution in [3.05, 3.63) is 69.1 Å². The van der Waals surface area contributed by atoms with E-state index >= 15 is 0 Å². The van der Waals surface area contributed by atoms with Gasteiger partial charge in [0.25, 0.3) is 0 Å². The highest BCUT2D eigenvalue weighted by Gasteiger charge is 2.46. The zero-order valence-electron chi connectivity index (χ0n) is 19.7. The molecule has 0 unspecified atom stereocenters. The predicted octanol–water partition coefficient (Wildman–Crippen LogP) is 6.64. The predicted molar refractivity (Wildman–Crippen MR) is 134 cm³/mol. The third-order valence-corrected chi connectivity index (χ3v) is 8.19. The van der Waals surface area contributed by atoms with E-state index < -0.39 is 11.8 Å². The van der Waals surface area contributed by atoms with E-state index in [0.29, 0.717) is 46.1 Å². The number of rotatable bonds is 7. The molecule has 3 atom stereocenters. The maximum Gasteiger partial charge on any atom is 0.337 e. The number of halogens is 3. The van der Waals surface area contributed by atoms with Crippen LogP contribution in [0.15, 0.2) is 40.9 Å². The number of esters is 1. The van der Waals surface area contributed by atoms with Crippen LogP contribution in [0.25, 0.3) is 11.3 Å². The van der Waals surface area contributed by atoms with E-state index in [4.69, 9.17) is 37.2 Å². The van der Waals surface area contributed by atoms with E-state index in [1.165, 1.54) is 13.2 Å². The number of benzene rings is 2. The minimum absolute atomic E-state index is 0.0557. The third-order valence-electron chi connectivity index (χ3n) is 7.56. The molecule has 6 rings (SSSR count). The van der Waals surface area contributed by atoms with Crippen molar-refractivity contribution in [2.24, 2.45) is 5.92 Å². The lowest BCUT2D eigenvalue weighted by molar-refractivity contribution is 0.0122. The second-order valence-corrected chi connectivity index (χ2v) is 10.6. The van der Waals surface area contributed by atoms with Crippen LogP contribution in [0.5, 0.6) is 0 Å². The van der Waals surface area contributed by atoms with Gasteiger partial charge in [0, 0.05) is 35.5 Å². The minimum Gasteiger partial charge on any atom is -0.465 e.